The van der Waals surface area contributed by atoms with E-state index >= 15 is 0 Å². The summed E-state index contributed by atoms with van der Waals surface area (Å²) in [6.07, 6.45) is 5.55. The van der Waals surface area contributed by atoms with Gasteiger partial charge >= 0.3 is 5.97 Å². The van der Waals surface area contributed by atoms with Crippen LogP contribution < -0.4 is 4.74 Å². The molecule has 0 bridgehead atoms. The van der Waals surface area contributed by atoms with E-state index in [1.165, 1.54) is 5.57 Å². The van der Waals surface area contributed by atoms with Crippen LogP contribution in [0.5, 0.6) is 5.75 Å². The van der Waals surface area contributed by atoms with Crippen molar-refractivity contribution in [2.45, 2.75) is 41.0 Å². The molecule has 0 saturated heterocycles. The van der Waals surface area contributed by atoms with Gasteiger partial charge in [0, 0.05) is 5.56 Å². The molecule has 0 radical (unpaired) electrons. The minimum Gasteiger partial charge on any atom is -0.481 e. The zero-order valence-corrected chi connectivity index (χ0v) is 14.7. The van der Waals surface area contributed by atoms with E-state index in [0.717, 1.165) is 28.9 Å². The number of benzene rings is 1. The Morgan fingerprint density at radius 1 is 1.26 bits per heavy atom. The summed E-state index contributed by atoms with van der Waals surface area (Å²) in [7, 11) is 0. The molecule has 1 aliphatic carbocycles. The summed E-state index contributed by atoms with van der Waals surface area (Å²) in [4.78, 5) is 11.6. The predicted molar refractivity (Wildman–Crippen MR) is 93.4 cm³/mol. The minimum absolute atomic E-state index is 0.0644. The van der Waals surface area contributed by atoms with Crippen molar-refractivity contribution >= 4 is 11.5 Å². The third-order valence-corrected chi connectivity index (χ3v) is 3.85. The first kappa shape index (κ1) is 17.3. The Morgan fingerprint density at radius 2 is 2.00 bits per heavy atom. The fourth-order valence-electron chi connectivity index (χ4n) is 3.11. The lowest BCUT2D eigenvalue weighted by molar-refractivity contribution is -0.145. The quantitative estimate of drug-likeness (QED) is 0.739. The van der Waals surface area contributed by atoms with E-state index < -0.39 is 0 Å². The summed E-state index contributed by atoms with van der Waals surface area (Å²) < 4.78 is 10.7. The number of ether oxygens (including phenoxy) is 2. The van der Waals surface area contributed by atoms with Gasteiger partial charge in [-0.3, -0.25) is 0 Å². The molecule has 124 valence electrons. The van der Waals surface area contributed by atoms with Crippen LogP contribution in [0.2, 0.25) is 0 Å². The van der Waals surface area contributed by atoms with Crippen molar-refractivity contribution in [3.05, 3.63) is 47.1 Å². The average Bonchev–Trinajstić information content (AvgIpc) is 2.44. The summed E-state index contributed by atoms with van der Waals surface area (Å²) in [5, 5.41) is 0. The van der Waals surface area contributed by atoms with Crippen molar-refractivity contribution in [3.63, 3.8) is 0 Å². The summed E-state index contributed by atoms with van der Waals surface area (Å²) in [6.45, 7) is 10.7. The zero-order chi connectivity index (χ0) is 17.0. The molecule has 0 amide bonds. The number of hydrogen-bond acceptors (Lipinski definition) is 3. The molecule has 3 nitrogen and oxygen atoms in total. The molecule has 0 aliphatic heterocycles. The standard InChI is InChI=1S/C20H26O3/c1-6-22-18(21)13-23-19-15(3)8-7-9-17(19)16-10-14(2)11-20(4,5)12-16/h7-10,12H,6,11,13H2,1-5H3. The highest BCUT2D eigenvalue weighted by Crippen LogP contribution is 2.40. The van der Waals surface area contributed by atoms with Gasteiger partial charge < -0.3 is 9.47 Å². The molecule has 0 atom stereocenters. The van der Waals surface area contributed by atoms with Crippen LogP contribution in [0.3, 0.4) is 0 Å². The molecule has 3 heteroatoms. The molecule has 1 aromatic rings. The van der Waals surface area contributed by atoms with Crippen LogP contribution in [0.1, 0.15) is 45.2 Å². The van der Waals surface area contributed by atoms with Gasteiger partial charge in [0.2, 0.25) is 0 Å². The molecular formula is C20H26O3. The summed E-state index contributed by atoms with van der Waals surface area (Å²) in [5.74, 6) is 0.417. The largest absolute Gasteiger partial charge is 0.481 e. The van der Waals surface area contributed by atoms with Crippen LogP contribution in [0.15, 0.2) is 35.9 Å². The van der Waals surface area contributed by atoms with Crippen molar-refractivity contribution in [2.75, 3.05) is 13.2 Å². The fourth-order valence-corrected chi connectivity index (χ4v) is 3.11. The van der Waals surface area contributed by atoms with Gasteiger partial charge in [0.05, 0.1) is 6.61 Å². The smallest absolute Gasteiger partial charge is 0.344 e. The number of carbonyl (C=O) groups excluding carboxylic acids is 1. The normalized spacial score (nSPS) is 16.4. The highest BCUT2D eigenvalue weighted by molar-refractivity contribution is 5.81. The molecule has 1 aromatic carbocycles. The van der Waals surface area contributed by atoms with Gasteiger partial charge in [-0.25, -0.2) is 4.79 Å². The number of para-hydroxylation sites is 1. The highest BCUT2D eigenvalue weighted by Gasteiger charge is 2.22. The number of aryl methyl sites for hydroxylation is 1. The molecule has 0 unspecified atom stereocenters. The summed E-state index contributed by atoms with van der Waals surface area (Å²) >= 11 is 0. The molecular weight excluding hydrogens is 288 g/mol. The molecule has 0 heterocycles. The van der Waals surface area contributed by atoms with Gasteiger partial charge in [-0.1, -0.05) is 49.8 Å². The SMILES string of the molecule is CCOC(=O)COc1c(C)cccc1C1=CC(C)(C)CC(C)=C1. The number of rotatable bonds is 5. The Kier molecular flexibility index (Phi) is 5.30. The van der Waals surface area contributed by atoms with E-state index in [1.807, 2.05) is 25.1 Å². The van der Waals surface area contributed by atoms with E-state index in [1.54, 1.807) is 6.92 Å². The van der Waals surface area contributed by atoms with Crippen LogP contribution in [-0.2, 0) is 9.53 Å². The van der Waals surface area contributed by atoms with Crippen molar-refractivity contribution in [1.82, 2.24) is 0 Å². The Morgan fingerprint density at radius 3 is 2.65 bits per heavy atom. The maximum absolute atomic E-state index is 11.6. The first-order valence-electron chi connectivity index (χ1n) is 8.11. The minimum atomic E-state index is -0.341. The van der Waals surface area contributed by atoms with Crippen molar-refractivity contribution in [1.29, 1.82) is 0 Å². The molecule has 0 N–H and O–H groups in total. The van der Waals surface area contributed by atoms with E-state index in [-0.39, 0.29) is 18.0 Å². The van der Waals surface area contributed by atoms with E-state index in [4.69, 9.17) is 9.47 Å². The third kappa shape index (κ3) is 4.47. The zero-order valence-electron chi connectivity index (χ0n) is 14.7. The van der Waals surface area contributed by atoms with E-state index in [2.05, 4.69) is 32.9 Å². The van der Waals surface area contributed by atoms with Crippen LogP contribution in [0, 0.1) is 12.3 Å². The molecule has 0 saturated carbocycles. The predicted octanol–water partition coefficient (Wildman–Crippen LogP) is 4.70. The Bertz CT molecular complexity index is 651. The van der Waals surface area contributed by atoms with Gasteiger partial charge in [0.15, 0.2) is 6.61 Å². The topological polar surface area (TPSA) is 35.5 Å². The van der Waals surface area contributed by atoms with E-state index in [0.29, 0.717) is 6.61 Å². The lowest BCUT2D eigenvalue weighted by Crippen LogP contribution is -2.16. The molecule has 0 aromatic heterocycles. The lowest BCUT2D eigenvalue weighted by atomic mass is 9.78. The summed E-state index contributed by atoms with van der Waals surface area (Å²) in [6, 6.07) is 6.06. The number of esters is 1. The van der Waals surface area contributed by atoms with E-state index in [9.17, 15) is 4.79 Å². The number of carbonyl (C=O) groups is 1. The molecule has 23 heavy (non-hydrogen) atoms. The average molecular weight is 314 g/mol. The molecule has 0 spiro atoms. The molecule has 2 rings (SSSR count). The second-order valence-electron chi connectivity index (χ2n) is 6.80. The van der Waals surface area contributed by atoms with Crippen LogP contribution in [-0.4, -0.2) is 19.2 Å². The second-order valence-corrected chi connectivity index (χ2v) is 6.80. The fraction of sp³-hybridized carbons (Fsp3) is 0.450. The Balaban J connectivity index is 2.34. The first-order chi connectivity index (χ1) is 10.8. The maximum atomic E-state index is 11.6. The lowest BCUT2D eigenvalue weighted by Gasteiger charge is -2.27. The van der Waals surface area contributed by atoms with Crippen molar-refractivity contribution < 1.29 is 14.3 Å². The number of hydrogen-bond donors (Lipinski definition) is 0. The summed E-state index contributed by atoms with van der Waals surface area (Å²) in [5.41, 5.74) is 4.67. The second kappa shape index (κ2) is 7.03. The highest BCUT2D eigenvalue weighted by atomic mass is 16.6. The van der Waals surface area contributed by atoms with Crippen LogP contribution in [0.25, 0.3) is 5.57 Å². The van der Waals surface area contributed by atoms with Gasteiger partial charge in [-0.05, 0) is 43.7 Å². The van der Waals surface area contributed by atoms with Crippen molar-refractivity contribution in [3.8, 4) is 5.75 Å². The monoisotopic (exact) mass is 314 g/mol. The van der Waals surface area contributed by atoms with Crippen molar-refractivity contribution in [2.24, 2.45) is 5.41 Å². The Hall–Kier alpha value is -2.03. The van der Waals surface area contributed by atoms with Gasteiger partial charge in [-0.2, -0.15) is 0 Å². The van der Waals surface area contributed by atoms with Gasteiger partial charge in [-0.15, -0.1) is 0 Å². The van der Waals surface area contributed by atoms with Crippen LogP contribution >= 0.6 is 0 Å². The van der Waals surface area contributed by atoms with Gasteiger partial charge in [0.1, 0.15) is 5.75 Å². The first-order valence-corrected chi connectivity index (χ1v) is 8.11. The van der Waals surface area contributed by atoms with Crippen LogP contribution in [0.4, 0.5) is 0 Å². The molecule has 1 aliphatic rings. The van der Waals surface area contributed by atoms with Gasteiger partial charge in [0.25, 0.3) is 0 Å². The third-order valence-electron chi connectivity index (χ3n) is 3.85. The number of allylic oxidation sites excluding steroid dienone is 4. The molecule has 0 fully saturated rings. The Labute approximate surface area is 139 Å². The maximum Gasteiger partial charge on any atom is 0.344 e.